The molecule has 0 amide bonds. The molecule has 0 spiro atoms. The van der Waals surface area contributed by atoms with Gasteiger partial charge < -0.3 is 19.7 Å². The standard InChI is InChI=1S/C27H25F3N4O2/c1-34-12-10-18(11-13-34)36-25-7-3-6-23-26(25)27(32-16-31-23)33-17-8-9-24(22(30)14-17)35-15-19-20(28)4-2-5-21(19)29/h2-9,14,16,18H,10-13,15H2,1H3,(H,31,32,33). The predicted molar refractivity (Wildman–Crippen MR) is 131 cm³/mol. The maximum absolute atomic E-state index is 14.8. The van der Waals surface area contributed by atoms with Crippen LogP contribution < -0.4 is 14.8 Å². The van der Waals surface area contributed by atoms with Crippen LogP contribution in [0.5, 0.6) is 11.5 Å². The minimum atomic E-state index is -0.748. The number of benzene rings is 3. The van der Waals surface area contributed by atoms with E-state index in [-0.39, 0.29) is 17.4 Å². The van der Waals surface area contributed by atoms with Crippen LogP contribution in [0.25, 0.3) is 10.9 Å². The third kappa shape index (κ3) is 5.21. The summed E-state index contributed by atoms with van der Waals surface area (Å²) >= 11 is 0. The lowest BCUT2D eigenvalue weighted by atomic mass is 10.1. The molecule has 1 fully saturated rings. The van der Waals surface area contributed by atoms with E-state index >= 15 is 0 Å². The Balaban J connectivity index is 1.35. The maximum Gasteiger partial charge on any atom is 0.167 e. The first-order chi connectivity index (χ1) is 17.5. The molecule has 36 heavy (non-hydrogen) atoms. The number of fused-ring (bicyclic) bond motifs is 1. The van der Waals surface area contributed by atoms with Crippen LogP contribution in [0.1, 0.15) is 18.4 Å². The Labute approximate surface area is 206 Å². The summed E-state index contributed by atoms with van der Waals surface area (Å²) in [5.74, 6) is -1.16. The minimum Gasteiger partial charge on any atom is -0.489 e. The first kappa shape index (κ1) is 23.9. The summed E-state index contributed by atoms with van der Waals surface area (Å²) in [6.45, 7) is 1.50. The van der Waals surface area contributed by atoms with Crippen LogP contribution >= 0.6 is 0 Å². The van der Waals surface area contributed by atoms with Gasteiger partial charge in [0.05, 0.1) is 16.5 Å². The molecule has 9 heteroatoms. The number of nitrogens with one attached hydrogen (secondary N) is 1. The SMILES string of the molecule is CN1CCC(Oc2cccc3ncnc(Nc4ccc(OCc5c(F)cccc5F)c(F)c4)c23)CC1. The predicted octanol–water partition coefficient (Wildman–Crippen LogP) is 5.84. The number of halogens is 3. The summed E-state index contributed by atoms with van der Waals surface area (Å²) in [6, 6.07) is 13.4. The largest absolute Gasteiger partial charge is 0.489 e. The quantitative estimate of drug-likeness (QED) is 0.348. The lowest BCUT2D eigenvalue weighted by molar-refractivity contribution is 0.116. The van der Waals surface area contributed by atoms with Gasteiger partial charge in [0, 0.05) is 24.8 Å². The van der Waals surface area contributed by atoms with Crippen molar-refractivity contribution in [2.75, 3.05) is 25.5 Å². The number of hydrogen-bond acceptors (Lipinski definition) is 6. The molecule has 1 aliphatic heterocycles. The number of piperidine rings is 1. The molecule has 0 bridgehead atoms. The third-order valence-electron chi connectivity index (χ3n) is 6.21. The van der Waals surface area contributed by atoms with Crippen molar-refractivity contribution in [3.8, 4) is 11.5 Å². The molecule has 0 atom stereocenters. The molecular formula is C27H25F3N4O2. The molecule has 1 aliphatic rings. The van der Waals surface area contributed by atoms with E-state index in [1.165, 1.54) is 24.5 Å². The second kappa shape index (κ2) is 10.4. The molecule has 0 radical (unpaired) electrons. The highest BCUT2D eigenvalue weighted by Gasteiger charge is 2.20. The van der Waals surface area contributed by atoms with Crippen molar-refractivity contribution in [1.29, 1.82) is 0 Å². The summed E-state index contributed by atoms with van der Waals surface area (Å²) in [6.07, 6.45) is 3.37. The third-order valence-corrected chi connectivity index (χ3v) is 6.21. The summed E-state index contributed by atoms with van der Waals surface area (Å²) < 4.78 is 54.1. The fourth-order valence-electron chi connectivity index (χ4n) is 4.21. The first-order valence-corrected chi connectivity index (χ1v) is 11.7. The number of aromatic nitrogens is 2. The van der Waals surface area contributed by atoms with Crippen LogP contribution in [-0.4, -0.2) is 41.1 Å². The molecule has 0 unspecified atom stereocenters. The summed E-state index contributed by atoms with van der Waals surface area (Å²) in [5, 5.41) is 3.84. The number of rotatable bonds is 7. The molecule has 5 rings (SSSR count). The van der Waals surface area contributed by atoms with Gasteiger partial charge >= 0.3 is 0 Å². The van der Waals surface area contributed by atoms with Crippen LogP contribution in [0, 0.1) is 17.5 Å². The molecule has 4 aromatic rings. The van der Waals surface area contributed by atoms with E-state index in [9.17, 15) is 13.2 Å². The zero-order valence-corrected chi connectivity index (χ0v) is 19.7. The van der Waals surface area contributed by atoms with Gasteiger partial charge in [-0.1, -0.05) is 12.1 Å². The van der Waals surface area contributed by atoms with Crippen LogP contribution in [0.3, 0.4) is 0 Å². The second-order valence-electron chi connectivity index (χ2n) is 8.75. The minimum absolute atomic E-state index is 0.0908. The molecule has 2 heterocycles. The molecule has 1 saturated heterocycles. The molecule has 0 aliphatic carbocycles. The molecule has 3 aromatic carbocycles. The van der Waals surface area contributed by atoms with Crippen molar-refractivity contribution < 1.29 is 22.6 Å². The molecule has 0 saturated carbocycles. The van der Waals surface area contributed by atoms with Crippen LogP contribution in [-0.2, 0) is 6.61 Å². The Morgan fingerprint density at radius 1 is 0.917 bits per heavy atom. The van der Waals surface area contributed by atoms with E-state index in [1.54, 1.807) is 6.07 Å². The van der Waals surface area contributed by atoms with E-state index < -0.39 is 24.1 Å². The zero-order chi connectivity index (χ0) is 25.1. The summed E-state index contributed by atoms with van der Waals surface area (Å²) in [4.78, 5) is 11.0. The lowest BCUT2D eigenvalue weighted by Crippen LogP contribution is -2.35. The highest BCUT2D eigenvalue weighted by atomic mass is 19.1. The molecule has 1 aromatic heterocycles. The lowest BCUT2D eigenvalue weighted by Gasteiger charge is -2.29. The van der Waals surface area contributed by atoms with E-state index in [2.05, 4.69) is 27.2 Å². The normalized spacial score (nSPS) is 14.7. The van der Waals surface area contributed by atoms with Gasteiger partial charge in [-0.2, -0.15) is 0 Å². The van der Waals surface area contributed by atoms with Gasteiger partial charge in [0.1, 0.15) is 42.2 Å². The maximum atomic E-state index is 14.8. The van der Waals surface area contributed by atoms with E-state index in [1.807, 2.05) is 18.2 Å². The number of hydrogen-bond donors (Lipinski definition) is 1. The van der Waals surface area contributed by atoms with Crippen LogP contribution in [0.2, 0.25) is 0 Å². The zero-order valence-electron chi connectivity index (χ0n) is 19.7. The van der Waals surface area contributed by atoms with Gasteiger partial charge in [-0.05, 0) is 56.3 Å². The van der Waals surface area contributed by atoms with Crippen LogP contribution in [0.4, 0.5) is 24.7 Å². The fraction of sp³-hybridized carbons (Fsp3) is 0.259. The smallest absolute Gasteiger partial charge is 0.167 e. The Kier molecular flexibility index (Phi) is 6.90. The van der Waals surface area contributed by atoms with Gasteiger partial charge in [-0.15, -0.1) is 0 Å². The Morgan fingerprint density at radius 2 is 1.67 bits per heavy atom. The van der Waals surface area contributed by atoms with Crippen molar-refractivity contribution in [1.82, 2.24) is 14.9 Å². The fourth-order valence-corrected chi connectivity index (χ4v) is 4.21. The number of likely N-dealkylation sites (tertiary alicyclic amines) is 1. The average Bonchev–Trinajstić information content (AvgIpc) is 2.86. The van der Waals surface area contributed by atoms with Gasteiger partial charge in [-0.25, -0.2) is 23.1 Å². The number of anilines is 2. The Hall–Kier alpha value is -3.85. The van der Waals surface area contributed by atoms with E-state index in [0.29, 0.717) is 28.2 Å². The van der Waals surface area contributed by atoms with Crippen molar-refractivity contribution in [2.24, 2.45) is 0 Å². The van der Waals surface area contributed by atoms with Crippen molar-refractivity contribution in [2.45, 2.75) is 25.6 Å². The van der Waals surface area contributed by atoms with Crippen molar-refractivity contribution >= 4 is 22.4 Å². The van der Waals surface area contributed by atoms with E-state index in [0.717, 1.165) is 38.1 Å². The van der Waals surface area contributed by atoms with Crippen molar-refractivity contribution in [3.63, 3.8) is 0 Å². The highest BCUT2D eigenvalue weighted by Crippen LogP contribution is 2.34. The number of ether oxygens (including phenoxy) is 2. The Bertz CT molecular complexity index is 1350. The van der Waals surface area contributed by atoms with Crippen molar-refractivity contribution in [3.05, 3.63) is 83.9 Å². The summed E-state index contributed by atoms with van der Waals surface area (Å²) in [7, 11) is 2.09. The Morgan fingerprint density at radius 3 is 2.42 bits per heavy atom. The van der Waals surface area contributed by atoms with Gasteiger partial charge in [0.25, 0.3) is 0 Å². The topological polar surface area (TPSA) is 59.5 Å². The molecule has 6 nitrogen and oxygen atoms in total. The number of nitrogens with zero attached hydrogens (tertiary/aromatic N) is 3. The first-order valence-electron chi connectivity index (χ1n) is 11.7. The van der Waals surface area contributed by atoms with Gasteiger partial charge in [-0.3, -0.25) is 0 Å². The average molecular weight is 495 g/mol. The second-order valence-corrected chi connectivity index (χ2v) is 8.75. The van der Waals surface area contributed by atoms with Crippen LogP contribution in [0.15, 0.2) is 60.9 Å². The monoisotopic (exact) mass is 494 g/mol. The molecule has 1 N–H and O–H groups in total. The van der Waals surface area contributed by atoms with Gasteiger partial charge in [0.15, 0.2) is 11.6 Å². The highest BCUT2D eigenvalue weighted by molar-refractivity contribution is 5.95. The van der Waals surface area contributed by atoms with E-state index in [4.69, 9.17) is 9.47 Å². The summed E-state index contributed by atoms with van der Waals surface area (Å²) in [5.41, 5.74) is 0.861. The molecular weight excluding hydrogens is 469 g/mol. The molecule has 186 valence electrons. The van der Waals surface area contributed by atoms with Gasteiger partial charge in [0.2, 0.25) is 0 Å².